The van der Waals surface area contributed by atoms with Crippen LogP contribution in [-0.4, -0.2) is 36.9 Å². The minimum atomic E-state index is -0.0627. The molecule has 0 aliphatic carbocycles. The van der Waals surface area contributed by atoms with Crippen molar-refractivity contribution >= 4 is 40.4 Å². The average molecular weight is 296 g/mol. The molecule has 0 aliphatic heterocycles. The molecule has 0 N–H and O–H groups in total. The standard InChI is InChI=1S/C11H15Cl2NO2S/c1-16-6-2-5-14(11(15)7-12)8-9-3-4-10(13)17-9/h3-4H,2,5-8H2,1H3. The second kappa shape index (κ2) is 7.93. The van der Waals surface area contributed by atoms with E-state index in [2.05, 4.69) is 0 Å². The third-order valence-electron chi connectivity index (χ3n) is 2.22. The highest BCUT2D eigenvalue weighted by Crippen LogP contribution is 2.22. The zero-order valence-electron chi connectivity index (χ0n) is 9.62. The van der Waals surface area contributed by atoms with E-state index in [-0.39, 0.29) is 11.8 Å². The van der Waals surface area contributed by atoms with Crippen molar-refractivity contribution in [2.45, 2.75) is 13.0 Å². The fourth-order valence-electron chi connectivity index (χ4n) is 1.40. The van der Waals surface area contributed by atoms with Crippen LogP contribution >= 0.6 is 34.5 Å². The first-order valence-corrected chi connectivity index (χ1v) is 6.97. The molecule has 6 heteroatoms. The molecule has 0 saturated carbocycles. The van der Waals surface area contributed by atoms with Gasteiger partial charge in [-0.15, -0.1) is 22.9 Å². The van der Waals surface area contributed by atoms with Gasteiger partial charge < -0.3 is 9.64 Å². The van der Waals surface area contributed by atoms with Crippen molar-refractivity contribution in [1.82, 2.24) is 4.90 Å². The van der Waals surface area contributed by atoms with Crippen molar-refractivity contribution in [2.75, 3.05) is 26.1 Å². The molecule has 96 valence electrons. The maximum absolute atomic E-state index is 11.6. The number of ether oxygens (including phenoxy) is 1. The molecule has 0 bridgehead atoms. The Kier molecular flexibility index (Phi) is 6.89. The minimum Gasteiger partial charge on any atom is -0.385 e. The number of halogens is 2. The SMILES string of the molecule is COCCCN(Cc1ccc(Cl)s1)C(=O)CCl. The van der Waals surface area contributed by atoms with Crippen molar-refractivity contribution in [2.24, 2.45) is 0 Å². The number of carbonyl (C=O) groups is 1. The summed E-state index contributed by atoms with van der Waals surface area (Å²) in [4.78, 5) is 14.4. The van der Waals surface area contributed by atoms with Crippen LogP contribution in [0, 0.1) is 0 Å². The summed E-state index contributed by atoms with van der Waals surface area (Å²) < 4.78 is 5.70. The maximum Gasteiger partial charge on any atom is 0.237 e. The van der Waals surface area contributed by atoms with Gasteiger partial charge in [0.25, 0.3) is 0 Å². The van der Waals surface area contributed by atoms with Crippen LogP contribution < -0.4 is 0 Å². The van der Waals surface area contributed by atoms with Gasteiger partial charge in [0, 0.05) is 25.1 Å². The van der Waals surface area contributed by atoms with Gasteiger partial charge in [-0.3, -0.25) is 4.79 Å². The Bertz CT molecular complexity index is 357. The highest BCUT2D eigenvalue weighted by atomic mass is 35.5. The zero-order chi connectivity index (χ0) is 12.7. The van der Waals surface area contributed by atoms with E-state index < -0.39 is 0 Å². The first-order valence-electron chi connectivity index (χ1n) is 5.24. The number of carbonyl (C=O) groups excluding carboxylic acids is 1. The summed E-state index contributed by atoms with van der Waals surface area (Å²) in [6.07, 6.45) is 0.804. The van der Waals surface area contributed by atoms with Gasteiger partial charge in [0.2, 0.25) is 5.91 Å². The molecule has 1 aromatic rings. The Morgan fingerprint density at radius 3 is 2.82 bits per heavy atom. The van der Waals surface area contributed by atoms with Crippen LogP contribution in [0.3, 0.4) is 0 Å². The van der Waals surface area contributed by atoms with Crippen molar-refractivity contribution in [1.29, 1.82) is 0 Å². The fraction of sp³-hybridized carbons (Fsp3) is 0.545. The fourth-order valence-corrected chi connectivity index (χ4v) is 2.67. The summed E-state index contributed by atoms with van der Waals surface area (Å²) in [5.41, 5.74) is 0. The van der Waals surface area contributed by atoms with Crippen molar-refractivity contribution in [3.05, 3.63) is 21.3 Å². The van der Waals surface area contributed by atoms with Gasteiger partial charge in [0.05, 0.1) is 10.9 Å². The van der Waals surface area contributed by atoms with Crippen LogP contribution in [0.2, 0.25) is 4.34 Å². The second-order valence-corrected chi connectivity index (χ2v) is 5.57. The monoisotopic (exact) mass is 295 g/mol. The normalized spacial score (nSPS) is 10.5. The van der Waals surface area contributed by atoms with Crippen LogP contribution in [0.5, 0.6) is 0 Å². The second-order valence-electron chi connectivity index (χ2n) is 3.50. The molecule has 1 rings (SSSR count). The maximum atomic E-state index is 11.6. The van der Waals surface area contributed by atoms with Gasteiger partial charge in [-0.1, -0.05) is 11.6 Å². The van der Waals surface area contributed by atoms with E-state index in [1.807, 2.05) is 12.1 Å². The molecule has 0 saturated heterocycles. The number of hydrogen-bond donors (Lipinski definition) is 0. The quantitative estimate of drug-likeness (QED) is 0.572. The third kappa shape index (κ3) is 5.25. The van der Waals surface area contributed by atoms with Gasteiger partial charge in [-0.2, -0.15) is 0 Å². The molecule has 0 unspecified atom stereocenters. The summed E-state index contributed by atoms with van der Waals surface area (Å²) >= 11 is 12.9. The van der Waals surface area contributed by atoms with E-state index >= 15 is 0 Å². The highest BCUT2D eigenvalue weighted by molar-refractivity contribution is 7.16. The Morgan fingerprint density at radius 1 is 1.53 bits per heavy atom. The Balaban J connectivity index is 2.53. The summed E-state index contributed by atoms with van der Waals surface area (Å²) in [6, 6.07) is 3.76. The van der Waals surface area contributed by atoms with Crippen molar-refractivity contribution in [3.63, 3.8) is 0 Å². The van der Waals surface area contributed by atoms with Crippen LogP contribution in [-0.2, 0) is 16.1 Å². The van der Waals surface area contributed by atoms with Crippen LogP contribution in [0.1, 0.15) is 11.3 Å². The molecule has 1 aromatic heterocycles. The molecular weight excluding hydrogens is 281 g/mol. The topological polar surface area (TPSA) is 29.5 Å². The number of methoxy groups -OCH3 is 1. The molecule has 0 radical (unpaired) electrons. The molecule has 3 nitrogen and oxygen atoms in total. The molecule has 0 spiro atoms. The summed E-state index contributed by atoms with van der Waals surface area (Å²) in [5, 5.41) is 0. The number of hydrogen-bond acceptors (Lipinski definition) is 3. The van der Waals surface area contributed by atoms with Gasteiger partial charge in [0.1, 0.15) is 5.88 Å². The highest BCUT2D eigenvalue weighted by Gasteiger charge is 2.13. The third-order valence-corrected chi connectivity index (χ3v) is 3.66. The lowest BCUT2D eigenvalue weighted by Gasteiger charge is -2.20. The van der Waals surface area contributed by atoms with Gasteiger partial charge >= 0.3 is 0 Å². The Labute approximate surface area is 115 Å². The first-order chi connectivity index (χ1) is 8.17. The van der Waals surface area contributed by atoms with Crippen LogP contribution in [0.25, 0.3) is 0 Å². The van der Waals surface area contributed by atoms with E-state index in [1.54, 1.807) is 12.0 Å². The van der Waals surface area contributed by atoms with E-state index in [0.717, 1.165) is 15.6 Å². The molecule has 0 aromatic carbocycles. The van der Waals surface area contributed by atoms with Crippen molar-refractivity contribution < 1.29 is 9.53 Å². The van der Waals surface area contributed by atoms with Crippen LogP contribution in [0.4, 0.5) is 0 Å². The predicted molar refractivity (Wildman–Crippen MR) is 72.0 cm³/mol. The number of amides is 1. The molecule has 0 atom stereocenters. The van der Waals surface area contributed by atoms with Crippen molar-refractivity contribution in [3.8, 4) is 0 Å². The smallest absolute Gasteiger partial charge is 0.237 e. The van der Waals surface area contributed by atoms with Gasteiger partial charge in [0.15, 0.2) is 0 Å². The lowest BCUT2D eigenvalue weighted by molar-refractivity contribution is -0.129. The first kappa shape index (κ1) is 14.8. The summed E-state index contributed by atoms with van der Waals surface area (Å²) in [5.74, 6) is -0.0567. The van der Waals surface area contributed by atoms with E-state index in [0.29, 0.717) is 19.7 Å². The summed E-state index contributed by atoms with van der Waals surface area (Å²) in [7, 11) is 1.65. The molecular formula is C11H15Cl2NO2S. The van der Waals surface area contributed by atoms with Gasteiger partial charge in [-0.25, -0.2) is 0 Å². The molecule has 0 fully saturated rings. The largest absolute Gasteiger partial charge is 0.385 e. The number of thiophene rings is 1. The Hall–Kier alpha value is -0.290. The zero-order valence-corrected chi connectivity index (χ0v) is 11.9. The van der Waals surface area contributed by atoms with E-state index in [9.17, 15) is 4.79 Å². The predicted octanol–water partition coefficient (Wildman–Crippen LogP) is 3.01. The number of nitrogens with zero attached hydrogens (tertiary/aromatic N) is 1. The minimum absolute atomic E-state index is 0.00604. The molecule has 1 amide bonds. The van der Waals surface area contributed by atoms with Gasteiger partial charge in [-0.05, 0) is 18.6 Å². The lowest BCUT2D eigenvalue weighted by Crippen LogP contribution is -2.32. The molecule has 17 heavy (non-hydrogen) atoms. The molecule has 1 heterocycles. The average Bonchev–Trinajstić information content (AvgIpc) is 2.73. The van der Waals surface area contributed by atoms with Crippen LogP contribution in [0.15, 0.2) is 12.1 Å². The Morgan fingerprint density at radius 2 is 2.29 bits per heavy atom. The van der Waals surface area contributed by atoms with E-state index in [4.69, 9.17) is 27.9 Å². The molecule has 0 aliphatic rings. The number of alkyl halides is 1. The number of rotatable bonds is 7. The lowest BCUT2D eigenvalue weighted by atomic mass is 10.3. The summed E-state index contributed by atoms with van der Waals surface area (Å²) in [6.45, 7) is 1.85. The van der Waals surface area contributed by atoms with E-state index in [1.165, 1.54) is 11.3 Å².